The minimum Gasteiger partial charge on any atom is -0.374 e. The maximum atomic E-state index is 12.2. The Morgan fingerprint density at radius 1 is 1.32 bits per heavy atom. The van der Waals surface area contributed by atoms with Gasteiger partial charge in [0.05, 0.1) is 25.3 Å². The minimum atomic E-state index is 0.0365. The number of rotatable bonds is 6. The number of amides is 1. The molecule has 0 radical (unpaired) electrons. The highest BCUT2D eigenvalue weighted by molar-refractivity contribution is 5.78. The summed E-state index contributed by atoms with van der Waals surface area (Å²) in [5, 5.41) is 6.32. The average Bonchev–Trinajstić information content (AvgIpc) is 2.61. The van der Waals surface area contributed by atoms with E-state index in [1.54, 1.807) is 0 Å². The summed E-state index contributed by atoms with van der Waals surface area (Å²) in [7, 11) is 2.10. The first-order valence-electron chi connectivity index (χ1n) is 9.54. The average molecular weight is 345 g/mol. The first-order valence-corrected chi connectivity index (χ1v) is 9.54. The first-order chi connectivity index (χ1) is 12.1. The molecule has 0 bridgehead atoms. The SMILES string of the molecule is C[C@@H](NC(=O)CNC[C@H]1CN(C)CCO1)c1ccc2c(c1)CCCC2. The van der Waals surface area contributed by atoms with E-state index in [0.29, 0.717) is 13.1 Å². The van der Waals surface area contributed by atoms with E-state index in [1.807, 2.05) is 0 Å². The zero-order valence-electron chi connectivity index (χ0n) is 15.5. The van der Waals surface area contributed by atoms with E-state index in [4.69, 9.17) is 4.74 Å². The van der Waals surface area contributed by atoms with Gasteiger partial charge in [-0.05, 0) is 56.3 Å². The van der Waals surface area contributed by atoms with Crippen LogP contribution in [0.25, 0.3) is 0 Å². The molecule has 0 unspecified atom stereocenters. The van der Waals surface area contributed by atoms with Crippen LogP contribution in [0, 0.1) is 0 Å². The molecule has 1 aromatic carbocycles. The van der Waals surface area contributed by atoms with Gasteiger partial charge >= 0.3 is 0 Å². The van der Waals surface area contributed by atoms with Gasteiger partial charge < -0.3 is 20.3 Å². The van der Waals surface area contributed by atoms with Crippen LogP contribution in [0.4, 0.5) is 0 Å². The Balaban J connectivity index is 1.43. The highest BCUT2D eigenvalue weighted by atomic mass is 16.5. The third-order valence-corrected chi connectivity index (χ3v) is 5.25. The van der Waals surface area contributed by atoms with Crippen molar-refractivity contribution in [1.82, 2.24) is 15.5 Å². The smallest absolute Gasteiger partial charge is 0.234 e. The molecule has 5 heteroatoms. The van der Waals surface area contributed by atoms with Crippen LogP contribution in [0.1, 0.15) is 42.5 Å². The van der Waals surface area contributed by atoms with Crippen molar-refractivity contribution in [2.75, 3.05) is 39.8 Å². The van der Waals surface area contributed by atoms with Crippen molar-refractivity contribution < 1.29 is 9.53 Å². The Bertz CT molecular complexity index is 590. The summed E-state index contributed by atoms with van der Waals surface area (Å²) in [5.74, 6) is 0.0365. The van der Waals surface area contributed by atoms with Gasteiger partial charge in [0, 0.05) is 19.6 Å². The number of hydrogen-bond acceptors (Lipinski definition) is 4. The number of aryl methyl sites for hydroxylation is 2. The molecule has 5 nitrogen and oxygen atoms in total. The fourth-order valence-electron chi connectivity index (χ4n) is 3.74. The second-order valence-electron chi connectivity index (χ2n) is 7.41. The standard InChI is InChI=1S/C20H31N3O2/c1-15(17-8-7-16-5-3-4-6-18(16)11-17)22-20(24)13-21-12-19-14-23(2)9-10-25-19/h7-8,11,15,19,21H,3-6,9-10,12-14H2,1-2H3,(H,22,24)/t15-,19+/m1/s1. The van der Waals surface area contributed by atoms with E-state index in [0.717, 1.165) is 19.7 Å². The van der Waals surface area contributed by atoms with Gasteiger partial charge in [-0.25, -0.2) is 0 Å². The van der Waals surface area contributed by atoms with Gasteiger partial charge in [-0.2, -0.15) is 0 Å². The quantitative estimate of drug-likeness (QED) is 0.823. The molecule has 3 rings (SSSR count). The fraction of sp³-hybridized carbons (Fsp3) is 0.650. The summed E-state index contributed by atoms with van der Waals surface area (Å²) in [6, 6.07) is 6.72. The molecule has 1 aliphatic carbocycles. The molecule has 0 saturated carbocycles. The monoisotopic (exact) mass is 345 g/mol. The summed E-state index contributed by atoms with van der Waals surface area (Å²) in [6.07, 6.45) is 5.11. The van der Waals surface area contributed by atoms with E-state index in [9.17, 15) is 4.79 Å². The second-order valence-corrected chi connectivity index (χ2v) is 7.41. The van der Waals surface area contributed by atoms with Crippen molar-refractivity contribution in [3.63, 3.8) is 0 Å². The van der Waals surface area contributed by atoms with Crippen LogP contribution >= 0.6 is 0 Å². The number of hydrogen-bond donors (Lipinski definition) is 2. The van der Waals surface area contributed by atoms with Gasteiger partial charge in [-0.1, -0.05) is 18.2 Å². The molecule has 1 heterocycles. The number of ether oxygens (including phenoxy) is 1. The topological polar surface area (TPSA) is 53.6 Å². The van der Waals surface area contributed by atoms with E-state index in [2.05, 4.69) is 47.7 Å². The third kappa shape index (κ3) is 5.27. The van der Waals surface area contributed by atoms with Crippen molar-refractivity contribution in [2.45, 2.75) is 44.8 Å². The highest BCUT2D eigenvalue weighted by Crippen LogP contribution is 2.24. The molecule has 138 valence electrons. The Hall–Kier alpha value is -1.43. The lowest BCUT2D eigenvalue weighted by molar-refractivity contribution is -0.121. The number of carbonyl (C=O) groups excluding carboxylic acids is 1. The van der Waals surface area contributed by atoms with Crippen LogP contribution in [0.5, 0.6) is 0 Å². The molecule has 1 amide bonds. The Kier molecular flexibility index (Phi) is 6.45. The lowest BCUT2D eigenvalue weighted by atomic mass is 9.89. The molecular formula is C20H31N3O2. The molecule has 1 fully saturated rings. The van der Waals surface area contributed by atoms with Crippen molar-refractivity contribution in [3.05, 3.63) is 34.9 Å². The summed E-state index contributed by atoms with van der Waals surface area (Å²) >= 11 is 0. The predicted octanol–water partition coefficient (Wildman–Crippen LogP) is 1.66. The van der Waals surface area contributed by atoms with E-state index >= 15 is 0 Å². The number of fused-ring (bicyclic) bond motifs is 1. The van der Waals surface area contributed by atoms with Gasteiger partial charge in [0.1, 0.15) is 0 Å². The van der Waals surface area contributed by atoms with Crippen LogP contribution in [0.15, 0.2) is 18.2 Å². The highest BCUT2D eigenvalue weighted by Gasteiger charge is 2.18. The number of nitrogens with one attached hydrogen (secondary N) is 2. The molecule has 1 aromatic rings. The Morgan fingerprint density at radius 2 is 2.12 bits per heavy atom. The number of morpholine rings is 1. The zero-order chi connectivity index (χ0) is 17.6. The maximum absolute atomic E-state index is 12.2. The van der Waals surface area contributed by atoms with Crippen LogP contribution in [0.3, 0.4) is 0 Å². The van der Waals surface area contributed by atoms with Crippen LogP contribution in [0.2, 0.25) is 0 Å². The summed E-state index contributed by atoms with van der Waals surface area (Å²) in [6.45, 7) is 5.77. The molecule has 1 saturated heterocycles. The van der Waals surface area contributed by atoms with Gasteiger partial charge in [-0.3, -0.25) is 4.79 Å². The molecule has 25 heavy (non-hydrogen) atoms. The molecule has 2 atom stereocenters. The number of nitrogens with zero attached hydrogens (tertiary/aromatic N) is 1. The van der Waals surface area contributed by atoms with Gasteiger partial charge in [-0.15, -0.1) is 0 Å². The summed E-state index contributed by atoms with van der Waals surface area (Å²) in [4.78, 5) is 14.5. The number of carbonyl (C=O) groups is 1. The molecule has 2 aliphatic rings. The Labute approximate surface area is 151 Å². The largest absolute Gasteiger partial charge is 0.374 e. The van der Waals surface area contributed by atoms with E-state index < -0.39 is 0 Å². The maximum Gasteiger partial charge on any atom is 0.234 e. The first kappa shape index (κ1) is 18.4. The van der Waals surface area contributed by atoms with Crippen LogP contribution in [-0.2, 0) is 22.4 Å². The van der Waals surface area contributed by atoms with Crippen molar-refractivity contribution >= 4 is 5.91 Å². The van der Waals surface area contributed by atoms with Gasteiger partial charge in [0.2, 0.25) is 5.91 Å². The third-order valence-electron chi connectivity index (χ3n) is 5.25. The fourth-order valence-corrected chi connectivity index (χ4v) is 3.74. The number of likely N-dealkylation sites (N-methyl/N-ethyl adjacent to an activating group) is 1. The van der Waals surface area contributed by atoms with E-state index in [-0.39, 0.29) is 18.1 Å². The molecule has 0 aromatic heterocycles. The minimum absolute atomic E-state index is 0.0365. The molecule has 0 spiro atoms. The summed E-state index contributed by atoms with van der Waals surface area (Å²) < 4.78 is 5.70. The molecule has 2 N–H and O–H groups in total. The molecular weight excluding hydrogens is 314 g/mol. The van der Waals surface area contributed by atoms with Crippen LogP contribution in [-0.4, -0.2) is 56.7 Å². The lowest BCUT2D eigenvalue weighted by Gasteiger charge is -2.30. The van der Waals surface area contributed by atoms with Crippen molar-refractivity contribution in [3.8, 4) is 0 Å². The van der Waals surface area contributed by atoms with Crippen LogP contribution < -0.4 is 10.6 Å². The van der Waals surface area contributed by atoms with Gasteiger partial charge in [0.25, 0.3) is 0 Å². The molecule has 1 aliphatic heterocycles. The normalized spacial score (nSPS) is 22.2. The van der Waals surface area contributed by atoms with Crippen molar-refractivity contribution in [2.24, 2.45) is 0 Å². The van der Waals surface area contributed by atoms with Crippen molar-refractivity contribution in [1.29, 1.82) is 0 Å². The second kappa shape index (κ2) is 8.79. The number of benzene rings is 1. The predicted molar refractivity (Wildman–Crippen MR) is 99.7 cm³/mol. The summed E-state index contributed by atoms with van der Waals surface area (Å²) in [5.41, 5.74) is 4.14. The van der Waals surface area contributed by atoms with E-state index in [1.165, 1.54) is 42.4 Å². The zero-order valence-corrected chi connectivity index (χ0v) is 15.5. The lowest BCUT2D eigenvalue weighted by Crippen LogP contribution is -2.46. The Morgan fingerprint density at radius 3 is 2.92 bits per heavy atom. The van der Waals surface area contributed by atoms with Gasteiger partial charge in [0.15, 0.2) is 0 Å².